The molecule has 4 nitrogen and oxygen atoms in total. The Hall–Kier alpha value is -2.37. The third-order valence-corrected chi connectivity index (χ3v) is 4.39. The summed E-state index contributed by atoms with van der Waals surface area (Å²) in [6.07, 6.45) is 0. The van der Waals surface area contributed by atoms with Gasteiger partial charge in [-0.05, 0) is 12.1 Å². The largest absolute Gasteiger partial charge is 0.215 e. The van der Waals surface area contributed by atoms with Gasteiger partial charge in [0.2, 0.25) is 0 Å². The zero-order valence-electron chi connectivity index (χ0n) is 11.3. The Morgan fingerprint density at radius 2 is 1.55 bits per heavy atom. The monoisotopic (exact) mass is 324 g/mol. The lowest BCUT2D eigenvalue weighted by Gasteiger charge is -1.96. The van der Waals surface area contributed by atoms with Gasteiger partial charge in [0.1, 0.15) is 5.01 Å². The fourth-order valence-electron chi connectivity index (χ4n) is 2.08. The molecule has 0 N–H and O–H groups in total. The number of fused-ring (bicyclic) bond motifs is 1. The van der Waals surface area contributed by atoms with E-state index in [1.165, 1.54) is 11.3 Å². The average molecular weight is 325 g/mol. The summed E-state index contributed by atoms with van der Waals surface area (Å²) in [4.78, 5) is 9.80. The molecule has 0 aliphatic heterocycles. The number of halogens is 1. The molecule has 4 rings (SSSR count). The van der Waals surface area contributed by atoms with Gasteiger partial charge in [-0.1, -0.05) is 65.4 Å². The molecular weight excluding hydrogens is 316 g/mol. The fourth-order valence-corrected chi connectivity index (χ4v) is 3.04. The molecule has 0 aliphatic carbocycles. The highest BCUT2D eigenvalue weighted by Gasteiger charge is 2.11. The first kappa shape index (κ1) is 13.3. The molecule has 0 fully saturated rings. The Morgan fingerprint density at radius 1 is 0.773 bits per heavy atom. The highest BCUT2D eigenvalue weighted by Crippen LogP contribution is 2.29. The molecule has 22 heavy (non-hydrogen) atoms. The smallest absolute Gasteiger partial charge is 0.194 e. The summed E-state index contributed by atoms with van der Waals surface area (Å²) in [5.74, 6) is 0.584. The molecule has 0 radical (unpaired) electrons. The zero-order chi connectivity index (χ0) is 14.9. The van der Waals surface area contributed by atoms with Crippen LogP contribution in [0.3, 0.4) is 0 Å². The maximum Gasteiger partial charge on any atom is 0.194 e. The molecule has 0 spiro atoms. The van der Waals surface area contributed by atoms with Crippen LogP contribution in [0.5, 0.6) is 0 Å². The molecule has 2 heterocycles. The number of aromatic nitrogens is 4. The van der Waals surface area contributed by atoms with E-state index in [-0.39, 0.29) is 0 Å². The minimum atomic E-state index is 0.584. The number of benzene rings is 2. The Kier molecular flexibility index (Phi) is 3.29. The summed E-state index contributed by atoms with van der Waals surface area (Å²) in [6, 6.07) is 17.3. The minimum absolute atomic E-state index is 0.584. The van der Waals surface area contributed by atoms with Crippen molar-refractivity contribution in [2.24, 2.45) is 0 Å². The summed E-state index contributed by atoms with van der Waals surface area (Å²) < 4.78 is 0. The van der Waals surface area contributed by atoms with E-state index in [0.29, 0.717) is 16.5 Å². The second kappa shape index (κ2) is 5.44. The predicted molar refractivity (Wildman–Crippen MR) is 88.9 cm³/mol. The van der Waals surface area contributed by atoms with Gasteiger partial charge in [-0.25, -0.2) is 9.97 Å². The molecule has 0 bridgehead atoms. The van der Waals surface area contributed by atoms with Crippen LogP contribution < -0.4 is 0 Å². The lowest BCUT2D eigenvalue weighted by molar-refractivity contribution is 1.03. The fraction of sp³-hybridized carbons (Fsp3) is 0. The van der Waals surface area contributed by atoms with Crippen LogP contribution >= 0.6 is 22.9 Å². The Bertz CT molecular complexity index is 935. The van der Waals surface area contributed by atoms with Crippen LogP contribution in [0.25, 0.3) is 32.4 Å². The topological polar surface area (TPSA) is 51.6 Å². The summed E-state index contributed by atoms with van der Waals surface area (Å²) in [6.45, 7) is 0. The first-order chi connectivity index (χ1) is 10.8. The van der Waals surface area contributed by atoms with Gasteiger partial charge in [0.25, 0.3) is 0 Å². The van der Waals surface area contributed by atoms with Crippen molar-refractivity contribution in [2.45, 2.75) is 0 Å². The van der Waals surface area contributed by atoms with Gasteiger partial charge in [0.15, 0.2) is 16.3 Å². The van der Waals surface area contributed by atoms with Crippen LogP contribution in [0.15, 0.2) is 54.6 Å². The standard InChI is InChI=1S/C16H9ClN4S/c17-12-8-6-11(7-9-12)15-19-14-16(22-15)21-20-13(18-14)10-4-2-1-3-5-10/h1-9H. The van der Waals surface area contributed by atoms with Gasteiger partial charge >= 0.3 is 0 Å². The molecule has 0 amide bonds. The van der Waals surface area contributed by atoms with E-state index in [9.17, 15) is 0 Å². The molecule has 4 aromatic rings. The molecule has 0 saturated carbocycles. The molecule has 106 valence electrons. The van der Waals surface area contributed by atoms with Gasteiger partial charge in [-0.2, -0.15) is 0 Å². The van der Waals surface area contributed by atoms with E-state index < -0.39 is 0 Å². The molecule has 0 aliphatic rings. The van der Waals surface area contributed by atoms with Crippen LogP contribution in [0, 0.1) is 0 Å². The van der Waals surface area contributed by atoms with Gasteiger partial charge in [0, 0.05) is 16.1 Å². The summed E-state index contributed by atoms with van der Waals surface area (Å²) in [7, 11) is 0. The third kappa shape index (κ3) is 2.45. The summed E-state index contributed by atoms with van der Waals surface area (Å²) >= 11 is 7.38. The highest BCUT2D eigenvalue weighted by molar-refractivity contribution is 7.21. The Balaban J connectivity index is 1.80. The van der Waals surface area contributed by atoms with Crippen molar-refractivity contribution in [3.8, 4) is 22.0 Å². The van der Waals surface area contributed by atoms with Crippen LogP contribution in [0.4, 0.5) is 0 Å². The number of nitrogens with zero attached hydrogens (tertiary/aromatic N) is 4. The van der Waals surface area contributed by atoms with E-state index >= 15 is 0 Å². The zero-order valence-corrected chi connectivity index (χ0v) is 12.8. The van der Waals surface area contributed by atoms with Crippen molar-refractivity contribution in [3.63, 3.8) is 0 Å². The van der Waals surface area contributed by atoms with Crippen LogP contribution in [0.2, 0.25) is 5.02 Å². The molecule has 6 heteroatoms. The van der Waals surface area contributed by atoms with Gasteiger partial charge in [-0.3, -0.25) is 0 Å². The lowest BCUT2D eigenvalue weighted by Crippen LogP contribution is -1.92. The minimum Gasteiger partial charge on any atom is -0.215 e. The second-order valence-corrected chi connectivity index (χ2v) is 6.07. The number of hydrogen-bond donors (Lipinski definition) is 0. The van der Waals surface area contributed by atoms with Crippen molar-refractivity contribution in [3.05, 3.63) is 59.6 Å². The van der Waals surface area contributed by atoms with E-state index in [1.807, 2.05) is 54.6 Å². The van der Waals surface area contributed by atoms with E-state index in [2.05, 4.69) is 20.2 Å². The van der Waals surface area contributed by atoms with E-state index in [0.717, 1.165) is 21.0 Å². The molecule has 0 saturated heterocycles. The Morgan fingerprint density at radius 3 is 2.32 bits per heavy atom. The van der Waals surface area contributed by atoms with Gasteiger partial charge in [-0.15, -0.1) is 10.2 Å². The molecule has 0 unspecified atom stereocenters. The quantitative estimate of drug-likeness (QED) is 0.546. The summed E-state index contributed by atoms with van der Waals surface area (Å²) in [5.41, 5.74) is 2.54. The number of thiazole rings is 1. The molecule has 0 atom stereocenters. The lowest BCUT2D eigenvalue weighted by atomic mass is 10.2. The number of hydrogen-bond acceptors (Lipinski definition) is 5. The van der Waals surface area contributed by atoms with Gasteiger partial charge < -0.3 is 0 Å². The van der Waals surface area contributed by atoms with Gasteiger partial charge in [0.05, 0.1) is 0 Å². The molecule has 2 aromatic heterocycles. The maximum atomic E-state index is 5.91. The molecular formula is C16H9ClN4S. The predicted octanol–water partition coefficient (Wildman–Crippen LogP) is 4.47. The average Bonchev–Trinajstić information content (AvgIpc) is 2.99. The first-order valence-electron chi connectivity index (χ1n) is 6.62. The van der Waals surface area contributed by atoms with E-state index in [4.69, 9.17) is 11.6 Å². The van der Waals surface area contributed by atoms with Crippen molar-refractivity contribution in [1.82, 2.24) is 20.2 Å². The van der Waals surface area contributed by atoms with Crippen LogP contribution in [-0.4, -0.2) is 20.2 Å². The van der Waals surface area contributed by atoms with Crippen LogP contribution in [-0.2, 0) is 0 Å². The summed E-state index contributed by atoms with van der Waals surface area (Å²) in [5, 5.41) is 9.99. The van der Waals surface area contributed by atoms with Crippen molar-refractivity contribution < 1.29 is 0 Å². The second-order valence-electron chi connectivity index (χ2n) is 4.66. The van der Waals surface area contributed by atoms with Crippen molar-refractivity contribution in [1.29, 1.82) is 0 Å². The highest BCUT2D eigenvalue weighted by atomic mass is 35.5. The molecule has 2 aromatic carbocycles. The SMILES string of the molecule is Clc1ccc(-c2nc3nc(-c4ccccc4)nnc3s2)cc1. The Labute approximate surface area is 135 Å². The first-order valence-corrected chi connectivity index (χ1v) is 7.82. The van der Waals surface area contributed by atoms with Crippen molar-refractivity contribution in [2.75, 3.05) is 0 Å². The van der Waals surface area contributed by atoms with E-state index in [1.54, 1.807) is 0 Å². The maximum absolute atomic E-state index is 5.91. The number of rotatable bonds is 2. The normalized spacial score (nSPS) is 11.0. The van der Waals surface area contributed by atoms with Crippen LogP contribution in [0.1, 0.15) is 0 Å². The van der Waals surface area contributed by atoms with Crippen molar-refractivity contribution >= 4 is 33.4 Å². The third-order valence-electron chi connectivity index (χ3n) is 3.16.